The number of hydrogen-bond acceptors (Lipinski definition) is 1. The molecule has 2 aromatic carbocycles. The van der Waals surface area contributed by atoms with E-state index in [0.29, 0.717) is 12.8 Å². The monoisotopic (exact) mass is 664 g/mol. The van der Waals surface area contributed by atoms with Crippen molar-refractivity contribution in [2.24, 2.45) is 5.92 Å². The molecule has 0 spiro atoms. The first kappa shape index (κ1) is 29.5. The van der Waals surface area contributed by atoms with Crippen molar-refractivity contribution in [2.75, 3.05) is 6.54 Å². The smallest absolute Gasteiger partial charge is 0.668 e. The van der Waals surface area contributed by atoms with Gasteiger partial charge in [0, 0.05) is 22.5 Å². The molecular formula is C23H25ClF4N2O2Os+2. The molecule has 0 bridgehead atoms. The number of amides is 1. The Morgan fingerprint density at radius 1 is 1.21 bits per heavy atom. The van der Waals surface area contributed by atoms with Gasteiger partial charge in [-0.15, -0.1) is 0 Å². The fraction of sp³-hybridized carbons (Fsp3) is 0.391. The van der Waals surface area contributed by atoms with E-state index in [1.54, 1.807) is 6.92 Å². The summed E-state index contributed by atoms with van der Waals surface area (Å²) in [5.74, 6) is -5.34. The SMILES string of the molecule is O.[CH2-]C.[NH-][C@@H]1[C@H](Cc2cccc(-c3cc(F)cc(Cl)c3)c2F)N(C(=O)C2CC2)CC1(F)F.[Os+4]. The third kappa shape index (κ3) is 6.33. The maximum Gasteiger partial charge on any atom is 4.00 e. The van der Waals surface area contributed by atoms with Crippen molar-refractivity contribution in [1.82, 2.24) is 4.90 Å². The minimum Gasteiger partial charge on any atom is -0.668 e. The van der Waals surface area contributed by atoms with Crippen LogP contribution in [0.25, 0.3) is 16.9 Å². The number of carbonyl (C=O) groups excluding carboxylic acids is 1. The Morgan fingerprint density at radius 2 is 1.85 bits per heavy atom. The Morgan fingerprint density at radius 3 is 2.42 bits per heavy atom. The normalized spacial score (nSPS) is 20.8. The van der Waals surface area contributed by atoms with Gasteiger partial charge in [-0.05, 0) is 54.6 Å². The maximum atomic E-state index is 15.2. The van der Waals surface area contributed by atoms with Gasteiger partial charge >= 0.3 is 19.8 Å². The van der Waals surface area contributed by atoms with Crippen molar-refractivity contribution < 1.29 is 47.6 Å². The Balaban J connectivity index is 0.00000133. The second-order valence-corrected chi connectivity index (χ2v) is 8.12. The molecule has 10 heteroatoms. The van der Waals surface area contributed by atoms with Gasteiger partial charge in [-0.3, -0.25) is 4.79 Å². The van der Waals surface area contributed by atoms with Gasteiger partial charge in [0.25, 0.3) is 5.92 Å². The standard InChI is InChI=1S/C21H18ClF4N2O.C2H5.H2O.Os/c22-14-6-13(7-15(23)9-14)16-3-1-2-12(18(16)24)8-17-19(27)21(25,26)10-28(17)20(29)11-4-5-11;1-2;;/h1-3,6-7,9,11,17,19,27H,4-5,8,10H2;1H2,2H3;1H2;/q2*-1;;+4/t17-,19+;;;/m0.../s1. The van der Waals surface area contributed by atoms with Gasteiger partial charge in [0.2, 0.25) is 5.91 Å². The number of halogens is 5. The molecule has 2 atom stereocenters. The van der Waals surface area contributed by atoms with E-state index >= 15 is 4.39 Å². The van der Waals surface area contributed by atoms with E-state index in [0.717, 1.165) is 17.0 Å². The minimum atomic E-state index is -3.35. The molecule has 2 fully saturated rings. The number of nitrogens with one attached hydrogen (secondary N) is 1. The summed E-state index contributed by atoms with van der Waals surface area (Å²) in [6.45, 7) is 4.18. The summed E-state index contributed by atoms with van der Waals surface area (Å²) in [6.07, 6.45) is 1.09. The predicted octanol–water partition coefficient (Wildman–Crippen LogP) is 5.52. The summed E-state index contributed by atoms with van der Waals surface area (Å²) in [6, 6.07) is 5.09. The van der Waals surface area contributed by atoms with Gasteiger partial charge in [0.1, 0.15) is 11.6 Å². The molecule has 2 aromatic rings. The van der Waals surface area contributed by atoms with Crippen LogP contribution in [0.4, 0.5) is 17.6 Å². The van der Waals surface area contributed by atoms with E-state index in [2.05, 4.69) is 6.92 Å². The van der Waals surface area contributed by atoms with Crippen LogP contribution in [0.5, 0.6) is 0 Å². The van der Waals surface area contributed by atoms with Crippen LogP contribution >= 0.6 is 11.6 Å². The molecule has 0 unspecified atom stereocenters. The van der Waals surface area contributed by atoms with Crippen LogP contribution in [0, 0.1) is 24.5 Å². The number of carbonyl (C=O) groups is 1. The summed E-state index contributed by atoms with van der Waals surface area (Å²) in [5.41, 5.74) is 8.33. The minimum absolute atomic E-state index is 0. The molecule has 0 radical (unpaired) electrons. The zero-order valence-electron chi connectivity index (χ0n) is 17.8. The number of nitrogens with zero attached hydrogens (tertiary/aromatic N) is 1. The van der Waals surface area contributed by atoms with Crippen LogP contribution in [0.1, 0.15) is 25.3 Å². The summed E-state index contributed by atoms with van der Waals surface area (Å²) in [4.78, 5) is 13.5. The molecule has 1 heterocycles. The van der Waals surface area contributed by atoms with Crippen LogP contribution in [-0.4, -0.2) is 40.8 Å². The van der Waals surface area contributed by atoms with Crippen molar-refractivity contribution in [1.29, 1.82) is 0 Å². The van der Waals surface area contributed by atoms with E-state index in [9.17, 15) is 18.0 Å². The molecule has 180 valence electrons. The molecule has 3 N–H and O–H groups in total. The first-order valence-corrected chi connectivity index (χ1v) is 10.4. The molecule has 4 nitrogen and oxygen atoms in total. The van der Waals surface area contributed by atoms with Gasteiger partial charge in [0.15, 0.2) is 0 Å². The molecule has 0 aromatic heterocycles. The zero-order valence-corrected chi connectivity index (χ0v) is 21.1. The summed E-state index contributed by atoms with van der Waals surface area (Å²) < 4.78 is 57.2. The summed E-state index contributed by atoms with van der Waals surface area (Å²) in [7, 11) is 0. The van der Waals surface area contributed by atoms with Crippen LogP contribution in [0.2, 0.25) is 5.02 Å². The fourth-order valence-corrected chi connectivity index (χ4v) is 4.06. The maximum absolute atomic E-state index is 15.2. The number of rotatable bonds is 4. The first-order valence-electron chi connectivity index (χ1n) is 10.0. The van der Waals surface area contributed by atoms with Crippen LogP contribution in [0.15, 0.2) is 36.4 Å². The molecule has 1 saturated heterocycles. The molecule has 1 aliphatic carbocycles. The van der Waals surface area contributed by atoms with Crippen molar-refractivity contribution in [3.63, 3.8) is 0 Å². The van der Waals surface area contributed by atoms with E-state index in [1.165, 1.54) is 24.3 Å². The second-order valence-electron chi connectivity index (χ2n) is 7.69. The Kier molecular flexibility index (Phi) is 10.5. The van der Waals surface area contributed by atoms with Gasteiger partial charge in [0.05, 0.1) is 6.54 Å². The van der Waals surface area contributed by atoms with Gasteiger partial charge < -0.3 is 23.0 Å². The molecule has 4 rings (SSSR count). The molecule has 1 saturated carbocycles. The number of likely N-dealkylation sites (tertiary alicyclic amines) is 1. The molecule has 33 heavy (non-hydrogen) atoms. The average molecular weight is 663 g/mol. The Labute approximate surface area is 208 Å². The third-order valence-corrected chi connectivity index (χ3v) is 5.73. The predicted molar refractivity (Wildman–Crippen MR) is 116 cm³/mol. The van der Waals surface area contributed by atoms with E-state index in [-0.39, 0.29) is 59.3 Å². The van der Waals surface area contributed by atoms with Crippen LogP contribution in [0.3, 0.4) is 0 Å². The van der Waals surface area contributed by atoms with E-state index < -0.39 is 42.1 Å². The van der Waals surface area contributed by atoms with Crippen molar-refractivity contribution in [3.05, 3.63) is 71.3 Å². The molecular weight excluding hydrogens is 638 g/mol. The zero-order chi connectivity index (χ0) is 22.9. The van der Waals surface area contributed by atoms with Crippen molar-refractivity contribution in [2.45, 2.75) is 44.2 Å². The first-order chi connectivity index (χ1) is 14.7. The van der Waals surface area contributed by atoms with Crippen molar-refractivity contribution >= 4 is 17.5 Å². The topological polar surface area (TPSA) is 75.6 Å². The molecule has 1 aliphatic heterocycles. The van der Waals surface area contributed by atoms with Crippen molar-refractivity contribution in [3.8, 4) is 11.1 Å². The van der Waals surface area contributed by atoms with E-state index in [4.69, 9.17) is 17.3 Å². The average Bonchev–Trinajstić information content (AvgIpc) is 3.53. The Hall–Kier alpha value is -1.52. The largest absolute Gasteiger partial charge is 4.00 e. The van der Waals surface area contributed by atoms with Gasteiger partial charge in [-0.2, -0.15) is 6.92 Å². The Bertz CT molecular complexity index is 955. The van der Waals surface area contributed by atoms with Crippen LogP contribution in [-0.2, 0) is 31.0 Å². The summed E-state index contributed by atoms with van der Waals surface area (Å²) in [5, 5.41) is 0.104. The number of hydrogen-bond donors (Lipinski definition) is 0. The summed E-state index contributed by atoms with van der Waals surface area (Å²) >= 11 is 5.85. The number of benzene rings is 2. The molecule has 1 amide bonds. The van der Waals surface area contributed by atoms with Gasteiger partial charge in [-0.1, -0.05) is 29.8 Å². The quantitative estimate of drug-likeness (QED) is 0.314. The van der Waals surface area contributed by atoms with E-state index in [1.807, 2.05) is 0 Å². The second kappa shape index (κ2) is 11.7. The molecule has 2 aliphatic rings. The van der Waals surface area contributed by atoms with Crippen LogP contribution < -0.4 is 0 Å². The third-order valence-electron chi connectivity index (χ3n) is 5.51. The number of alkyl halides is 2. The van der Waals surface area contributed by atoms with Gasteiger partial charge in [-0.25, -0.2) is 17.6 Å². The fourth-order valence-electron chi connectivity index (χ4n) is 3.83.